The molecule has 0 fully saturated rings. The number of thiazole rings is 1. The molecule has 110 valence electrons. The molecule has 2 heterocycles. The maximum absolute atomic E-state index is 12.4. The summed E-state index contributed by atoms with van der Waals surface area (Å²) in [6, 6.07) is 0. The molecule has 3 N–H and O–H groups in total. The van der Waals surface area contributed by atoms with E-state index in [1.54, 1.807) is 30.1 Å². The fourth-order valence-corrected chi connectivity index (χ4v) is 4.17. The summed E-state index contributed by atoms with van der Waals surface area (Å²) in [7, 11) is -3.67. The maximum atomic E-state index is 12.4. The van der Waals surface area contributed by atoms with Crippen LogP contribution in [0, 0.1) is 13.8 Å². The van der Waals surface area contributed by atoms with Gasteiger partial charge in [-0.2, -0.15) is 5.10 Å². The molecule has 0 aliphatic rings. The smallest absolute Gasteiger partial charge is 0.267 e. The summed E-state index contributed by atoms with van der Waals surface area (Å²) < 4.78 is 29.0. The van der Waals surface area contributed by atoms with Gasteiger partial charge in [0, 0.05) is 18.1 Å². The summed E-state index contributed by atoms with van der Waals surface area (Å²) in [6.45, 7) is 4.57. The number of aryl methyl sites for hydroxylation is 2. The van der Waals surface area contributed by atoms with Crippen molar-refractivity contribution in [3.8, 4) is 0 Å². The Hall–Kier alpha value is -1.45. The largest absolute Gasteiger partial charge is 0.330 e. The summed E-state index contributed by atoms with van der Waals surface area (Å²) in [6.07, 6.45) is 2.30. The molecule has 0 aliphatic heterocycles. The van der Waals surface area contributed by atoms with Crippen LogP contribution in [0.2, 0.25) is 0 Å². The van der Waals surface area contributed by atoms with Crippen molar-refractivity contribution in [3.63, 3.8) is 0 Å². The third kappa shape index (κ3) is 3.00. The van der Waals surface area contributed by atoms with Crippen molar-refractivity contribution in [2.24, 2.45) is 5.73 Å². The molecule has 9 heteroatoms. The van der Waals surface area contributed by atoms with Crippen molar-refractivity contribution in [1.29, 1.82) is 0 Å². The van der Waals surface area contributed by atoms with Gasteiger partial charge in [0.15, 0.2) is 5.13 Å². The van der Waals surface area contributed by atoms with E-state index < -0.39 is 10.0 Å². The van der Waals surface area contributed by atoms with Crippen LogP contribution in [0.25, 0.3) is 0 Å². The zero-order valence-electron chi connectivity index (χ0n) is 11.3. The number of hydrogen-bond acceptors (Lipinski definition) is 6. The zero-order chi connectivity index (χ0) is 14.8. The maximum Gasteiger partial charge on any atom is 0.267 e. The molecule has 0 aliphatic carbocycles. The van der Waals surface area contributed by atoms with Crippen molar-refractivity contribution in [2.45, 2.75) is 31.7 Å². The molecular weight excluding hydrogens is 298 g/mol. The molecule has 7 nitrogen and oxygen atoms in total. The van der Waals surface area contributed by atoms with Gasteiger partial charge in [0.2, 0.25) is 0 Å². The van der Waals surface area contributed by atoms with Gasteiger partial charge in [-0.25, -0.2) is 13.4 Å². The summed E-state index contributed by atoms with van der Waals surface area (Å²) in [4.78, 5) is 4.14. The first-order chi connectivity index (χ1) is 9.45. The van der Waals surface area contributed by atoms with Gasteiger partial charge in [-0.1, -0.05) is 0 Å². The normalized spacial score (nSPS) is 11.8. The third-order valence-corrected chi connectivity index (χ3v) is 5.22. The van der Waals surface area contributed by atoms with Gasteiger partial charge in [0.1, 0.15) is 4.90 Å². The Kier molecular flexibility index (Phi) is 4.41. The highest BCUT2D eigenvalue weighted by Crippen LogP contribution is 2.23. The van der Waals surface area contributed by atoms with E-state index in [4.69, 9.17) is 5.73 Å². The van der Waals surface area contributed by atoms with Crippen molar-refractivity contribution < 1.29 is 8.42 Å². The van der Waals surface area contributed by atoms with Crippen molar-refractivity contribution in [1.82, 2.24) is 14.8 Å². The molecule has 2 aromatic heterocycles. The second kappa shape index (κ2) is 5.90. The minimum Gasteiger partial charge on any atom is -0.330 e. The molecule has 0 saturated carbocycles. The second-order valence-electron chi connectivity index (χ2n) is 4.31. The lowest BCUT2D eigenvalue weighted by Gasteiger charge is -2.06. The third-order valence-electron chi connectivity index (χ3n) is 2.81. The number of nitrogens with one attached hydrogen (secondary N) is 1. The lowest BCUT2D eigenvalue weighted by Crippen LogP contribution is -2.15. The predicted molar refractivity (Wildman–Crippen MR) is 78.3 cm³/mol. The quantitative estimate of drug-likeness (QED) is 0.831. The molecule has 0 amide bonds. The molecule has 20 heavy (non-hydrogen) atoms. The van der Waals surface area contributed by atoms with Crippen molar-refractivity contribution in [2.75, 3.05) is 11.3 Å². The van der Waals surface area contributed by atoms with E-state index in [9.17, 15) is 8.42 Å². The van der Waals surface area contributed by atoms with E-state index in [2.05, 4.69) is 14.8 Å². The van der Waals surface area contributed by atoms with E-state index in [-0.39, 0.29) is 4.90 Å². The summed E-state index contributed by atoms with van der Waals surface area (Å²) in [5, 5.41) is 6.32. The number of nitrogens with two attached hydrogens (primary N) is 1. The van der Waals surface area contributed by atoms with E-state index in [0.717, 1.165) is 6.42 Å². The van der Waals surface area contributed by atoms with Crippen LogP contribution in [0.4, 0.5) is 5.13 Å². The molecule has 0 bridgehead atoms. The predicted octanol–water partition coefficient (Wildman–Crippen LogP) is 1.11. The van der Waals surface area contributed by atoms with Gasteiger partial charge < -0.3 is 5.73 Å². The van der Waals surface area contributed by atoms with Gasteiger partial charge in [-0.15, -0.1) is 11.3 Å². The number of nitrogens with zero attached hydrogens (tertiary/aromatic N) is 3. The molecule has 2 rings (SSSR count). The monoisotopic (exact) mass is 315 g/mol. The highest BCUT2D eigenvalue weighted by Gasteiger charge is 2.25. The average molecular weight is 315 g/mol. The van der Waals surface area contributed by atoms with E-state index >= 15 is 0 Å². The highest BCUT2D eigenvalue weighted by molar-refractivity contribution is 7.93. The van der Waals surface area contributed by atoms with Gasteiger partial charge >= 0.3 is 0 Å². The zero-order valence-corrected chi connectivity index (χ0v) is 13.0. The van der Waals surface area contributed by atoms with E-state index in [0.29, 0.717) is 29.6 Å². The van der Waals surface area contributed by atoms with Crippen LogP contribution in [0.1, 0.15) is 17.8 Å². The fourth-order valence-electron chi connectivity index (χ4n) is 1.97. The van der Waals surface area contributed by atoms with Crippen LogP contribution in [0.15, 0.2) is 16.5 Å². The Morgan fingerprint density at radius 2 is 2.20 bits per heavy atom. The summed E-state index contributed by atoms with van der Waals surface area (Å²) in [5.74, 6) is 0. The Morgan fingerprint density at radius 1 is 1.45 bits per heavy atom. The molecule has 0 atom stereocenters. The second-order valence-corrected chi connectivity index (χ2v) is 6.82. The van der Waals surface area contributed by atoms with Crippen LogP contribution in [-0.2, 0) is 16.6 Å². The Bertz CT molecular complexity index is 676. The number of hydrogen-bond donors (Lipinski definition) is 2. The lowest BCUT2D eigenvalue weighted by atomic mass is 10.4. The molecule has 2 aromatic rings. The number of rotatable bonds is 6. The van der Waals surface area contributed by atoms with Gasteiger partial charge in [0.05, 0.1) is 11.4 Å². The minimum absolute atomic E-state index is 0.213. The first-order valence-corrected chi connectivity index (χ1v) is 8.48. The molecule has 0 unspecified atom stereocenters. The topological polar surface area (TPSA) is 103 Å². The van der Waals surface area contributed by atoms with Crippen LogP contribution in [0.5, 0.6) is 0 Å². The summed E-state index contributed by atoms with van der Waals surface area (Å²) >= 11 is 1.23. The van der Waals surface area contributed by atoms with Crippen LogP contribution < -0.4 is 10.5 Å². The Balaban J connectivity index is 2.34. The van der Waals surface area contributed by atoms with E-state index in [1.807, 2.05) is 0 Å². The first-order valence-electron chi connectivity index (χ1n) is 6.12. The standard InChI is InChI=1S/C11H17N5O2S2/c1-8-10(9(2)16(14-8)6-3-4-12)20(17,18)15-11-13-5-7-19-11/h5,7H,3-4,6,12H2,1-2H3,(H,13,15). The lowest BCUT2D eigenvalue weighted by molar-refractivity contribution is 0.565. The van der Waals surface area contributed by atoms with Crippen molar-refractivity contribution in [3.05, 3.63) is 23.0 Å². The number of anilines is 1. The average Bonchev–Trinajstić information content (AvgIpc) is 2.94. The SMILES string of the molecule is Cc1nn(CCCN)c(C)c1S(=O)(=O)Nc1nccs1. The first kappa shape index (κ1) is 14.9. The van der Waals surface area contributed by atoms with Crippen LogP contribution in [0.3, 0.4) is 0 Å². The number of aromatic nitrogens is 3. The van der Waals surface area contributed by atoms with Crippen LogP contribution >= 0.6 is 11.3 Å². The van der Waals surface area contributed by atoms with Gasteiger partial charge in [-0.3, -0.25) is 9.40 Å². The molecule has 0 saturated heterocycles. The highest BCUT2D eigenvalue weighted by atomic mass is 32.2. The van der Waals surface area contributed by atoms with Gasteiger partial charge in [-0.05, 0) is 26.8 Å². The van der Waals surface area contributed by atoms with Crippen molar-refractivity contribution >= 4 is 26.5 Å². The van der Waals surface area contributed by atoms with Gasteiger partial charge in [0.25, 0.3) is 10.0 Å². The molecule has 0 spiro atoms. The molecule has 0 aromatic carbocycles. The molecule has 0 radical (unpaired) electrons. The Labute approximate surface area is 121 Å². The fraction of sp³-hybridized carbons (Fsp3) is 0.455. The Morgan fingerprint density at radius 3 is 2.80 bits per heavy atom. The van der Waals surface area contributed by atoms with Crippen LogP contribution in [-0.4, -0.2) is 29.7 Å². The molecular formula is C11H17N5O2S2. The van der Waals surface area contributed by atoms with E-state index in [1.165, 1.54) is 11.3 Å². The number of sulfonamides is 1. The summed E-state index contributed by atoms with van der Waals surface area (Å²) in [5.41, 5.74) is 6.56. The minimum atomic E-state index is -3.67.